The Hall–Kier alpha value is -2.29. The second-order valence-electron chi connectivity index (χ2n) is 7.08. The first kappa shape index (κ1) is 26.7. The molecule has 0 radical (unpaired) electrons. The Bertz CT molecular complexity index is 1060. The summed E-state index contributed by atoms with van der Waals surface area (Å²) in [6, 6.07) is 14.5. The lowest BCUT2D eigenvalue weighted by atomic mass is 10.0. The molecular formula is C23H30BrN3O3S. The number of imidazole rings is 1. The van der Waals surface area contributed by atoms with Crippen molar-refractivity contribution in [3.8, 4) is 0 Å². The van der Waals surface area contributed by atoms with Gasteiger partial charge in [-0.3, -0.25) is 4.98 Å². The van der Waals surface area contributed by atoms with Crippen LogP contribution in [-0.2, 0) is 23.1 Å². The Labute approximate surface area is 195 Å². The summed E-state index contributed by atoms with van der Waals surface area (Å²) in [5.41, 5.74) is 3.80. The smallest absolute Gasteiger partial charge is 0.241 e. The third-order valence-corrected chi connectivity index (χ3v) is 5.67. The number of aromatic nitrogens is 2. The fraction of sp³-hybridized carbons (Fsp3) is 0.304. The van der Waals surface area contributed by atoms with Crippen LogP contribution in [-0.4, -0.2) is 41.8 Å². The summed E-state index contributed by atoms with van der Waals surface area (Å²) in [5.74, 6) is 0. The van der Waals surface area contributed by atoms with Gasteiger partial charge in [0.15, 0.2) is 6.21 Å². The molecule has 0 bridgehead atoms. The van der Waals surface area contributed by atoms with E-state index in [1.165, 1.54) is 36.1 Å². The van der Waals surface area contributed by atoms with Crippen LogP contribution in [0, 0.1) is 6.92 Å². The van der Waals surface area contributed by atoms with Crippen molar-refractivity contribution in [1.82, 2.24) is 4.98 Å². The Morgan fingerprint density at radius 3 is 2.42 bits per heavy atom. The molecule has 168 valence electrons. The molecule has 0 atom stereocenters. The molecule has 6 nitrogen and oxygen atoms in total. The van der Waals surface area contributed by atoms with Gasteiger partial charge in [0, 0.05) is 18.4 Å². The lowest BCUT2D eigenvalue weighted by Gasteiger charge is -2.11. The van der Waals surface area contributed by atoms with Crippen LogP contribution >= 0.6 is 0 Å². The summed E-state index contributed by atoms with van der Waals surface area (Å²) in [6.07, 6.45) is 10.7. The maximum absolute atomic E-state index is 10.4. The molecule has 0 spiro atoms. The van der Waals surface area contributed by atoms with Crippen molar-refractivity contribution in [2.45, 2.75) is 38.6 Å². The lowest BCUT2D eigenvalue weighted by Crippen LogP contribution is -3.00. The number of aromatic amines is 1. The van der Waals surface area contributed by atoms with Crippen LogP contribution in [0.3, 0.4) is 0 Å². The number of H-pyrrole nitrogens is 1. The van der Waals surface area contributed by atoms with E-state index in [0.29, 0.717) is 0 Å². The Morgan fingerprint density at radius 1 is 1.06 bits per heavy atom. The minimum atomic E-state index is -4.27. The first-order chi connectivity index (χ1) is 13.9. The van der Waals surface area contributed by atoms with Crippen molar-refractivity contribution in [3.05, 3.63) is 83.9 Å². The van der Waals surface area contributed by atoms with E-state index in [1.807, 2.05) is 19.4 Å². The van der Waals surface area contributed by atoms with Crippen molar-refractivity contribution in [2.24, 2.45) is 0 Å². The highest BCUT2D eigenvalue weighted by atomic mass is 79.9. The maximum Gasteiger partial charge on any atom is 0.241 e. The minimum absolute atomic E-state index is 0. The monoisotopic (exact) mass is 507 g/mol. The summed E-state index contributed by atoms with van der Waals surface area (Å²) >= 11 is 0. The van der Waals surface area contributed by atoms with Crippen LogP contribution in [0.2, 0.25) is 0 Å². The standard InChI is InChI=1S/C15H18N3.C7H8O3S.CH4.BrH/c1-2-5-15-12-17(10-6-14(15)4-1)8-3-9-18-11-7-16-13-18;1-6-2-4-7(5-3-6)11(8,9)10;;/h1-2,4-5,7,11-13H,3,6,8-10H2;2-5H,1H3,(H,8,9,10);1H4;1H/q+1;;;/p-1. The number of fused-ring (bicyclic) bond motifs is 1. The number of aryl methyl sites for hydroxylation is 2. The maximum atomic E-state index is 10.4. The third kappa shape index (κ3) is 8.40. The average Bonchev–Trinajstić information content (AvgIpc) is 3.22. The van der Waals surface area contributed by atoms with Gasteiger partial charge in [-0.15, -0.1) is 0 Å². The third-order valence-electron chi connectivity index (χ3n) is 4.82. The van der Waals surface area contributed by atoms with Crippen LogP contribution in [0.5, 0.6) is 0 Å². The van der Waals surface area contributed by atoms with Gasteiger partial charge in [-0.05, 0) is 30.7 Å². The Kier molecular flexibility index (Phi) is 10.8. The van der Waals surface area contributed by atoms with E-state index in [-0.39, 0.29) is 29.3 Å². The molecule has 0 amide bonds. The van der Waals surface area contributed by atoms with Crippen molar-refractivity contribution in [2.75, 3.05) is 13.1 Å². The normalized spacial score (nSPS) is 12.3. The van der Waals surface area contributed by atoms with Gasteiger partial charge in [-0.1, -0.05) is 43.3 Å². The molecule has 0 fully saturated rings. The number of nitrogens with zero attached hydrogens (tertiary/aromatic N) is 2. The van der Waals surface area contributed by atoms with E-state index in [9.17, 15) is 13.0 Å². The summed E-state index contributed by atoms with van der Waals surface area (Å²) in [6.45, 7) is 5.18. The quantitative estimate of drug-likeness (QED) is 0.387. The van der Waals surface area contributed by atoms with Crippen LogP contribution in [0.25, 0.3) is 0 Å². The molecule has 0 aliphatic carbocycles. The molecule has 1 aliphatic rings. The molecule has 2 aromatic carbocycles. The fourth-order valence-corrected chi connectivity index (χ4v) is 3.68. The molecule has 0 saturated carbocycles. The van der Waals surface area contributed by atoms with Crippen molar-refractivity contribution in [1.29, 1.82) is 0 Å². The highest BCUT2D eigenvalue weighted by Crippen LogP contribution is 2.11. The van der Waals surface area contributed by atoms with E-state index in [2.05, 4.69) is 50.8 Å². The van der Waals surface area contributed by atoms with E-state index in [4.69, 9.17) is 0 Å². The molecule has 8 heteroatoms. The number of hydrogen-bond donors (Lipinski definition) is 1. The molecule has 3 aromatic rings. The number of hydrogen-bond acceptors (Lipinski definition) is 3. The van der Waals surface area contributed by atoms with Gasteiger partial charge >= 0.3 is 0 Å². The second-order valence-corrected chi connectivity index (χ2v) is 8.46. The highest BCUT2D eigenvalue weighted by Gasteiger charge is 2.14. The Morgan fingerprint density at radius 2 is 1.77 bits per heavy atom. The van der Waals surface area contributed by atoms with Gasteiger partial charge in [0.2, 0.25) is 6.33 Å². The molecule has 1 aliphatic heterocycles. The number of rotatable bonds is 5. The van der Waals surface area contributed by atoms with Gasteiger partial charge in [0.25, 0.3) is 0 Å². The van der Waals surface area contributed by atoms with E-state index >= 15 is 0 Å². The first-order valence-electron chi connectivity index (χ1n) is 9.63. The van der Waals surface area contributed by atoms with Gasteiger partial charge in [0.05, 0.1) is 11.4 Å². The molecule has 2 heterocycles. The molecule has 1 aromatic heterocycles. The van der Waals surface area contributed by atoms with Gasteiger partial charge < -0.3 is 21.5 Å². The van der Waals surface area contributed by atoms with Gasteiger partial charge in [0.1, 0.15) is 35.6 Å². The number of nitrogens with one attached hydrogen (secondary N) is 1. The largest absolute Gasteiger partial charge is 1.00 e. The van der Waals surface area contributed by atoms with Gasteiger partial charge in [-0.25, -0.2) is 17.6 Å². The van der Waals surface area contributed by atoms with Crippen LogP contribution in [0.1, 0.15) is 30.5 Å². The summed E-state index contributed by atoms with van der Waals surface area (Å²) in [7, 11) is -4.27. The van der Waals surface area contributed by atoms with Crippen molar-refractivity contribution >= 4 is 16.3 Å². The summed E-state index contributed by atoms with van der Waals surface area (Å²) in [5, 5.41) is 0. The summed E-state index contributed by atoms with van der Waals surface area (Å²) < 4.78 is 35.8. The second kappa shape index (κ2) is 12.5. The highest BCUT2D eigenvalue weighted by molar-refractivity contribution is 7.85. The van der Waals surface area contributed by atoms with Crippen LogP contribution < -0.4 is 21.5 Å². The van der Waals surface area contributed by atoms with E-state index in [1.54, 1.807) is 12.1 Å². The SMILES string of the molecule is C.C1=[N+](CCC[n+]2cc[nH]c2)CCc2ccccc21.Cc1ccc(S(=O)(=O)[O-])cc1.[Br-]. The topological polar surface area (TPSA) is 79.9 Å². The molecule has 1 N–H and O–H groups in total. The lowest BCUT2D eigenvalue weighted by molar-refractivity contribution is -0.699. The molecule has 31 heavy (non-hydrogen) atoms. The zero-order valence-corrected chi connectivity index (χ0v) is 19.3. The van der Waals surface area contributed by atoms with Crippen molar-refractivity contribution < 1.29 is 39.1 Å². The predicted molar refractivity (Wildman–Crippen MR) is 117 cm³/mol. The van der Waals surface area contributed by atoms with Crippen LogP contribution in [0.4, 0.5) is 0 Å². The zero-order valence-electron chi connectivity index (χ0n) is 16.9. The zero-order chi connectivity index (χ0) is 20.7. The fourth-order valence-electron chi connectivity index (χ4n) is 3.21. The minimum Gasteiger partial charge on any atom is -1.00 e. The molecule has 0 unspecified atom stereocenters. The van der Waals surface area contributed by atoms with E-state index in [0.717, 1.165) is 25.2 Å². The predicted octanol–water partition coefficient (Wildman–Crippen LogP) is -0.0808. The number of halogens is 1. The van der Waals surface area contributed by atoms with Crippen LogP contribution in [0.15, 0.2) is 72.1 Å². The Balaban J connectivity index is 0.000000324. The first-order valence-corrected chi connectivity index (χ1v) is 11.0. The van der Waals surface area contributed by atoms with E-state index < -0.39 is 10.1 Å². The number of benzene rings is 2. The molecule has 0 saturated heterocycles. The molecule has 4 rings (SSSR count). The van der Waals surface area contributed by atoms with Crippen molar-refractivity contribution in [3.63, 3.8) is 0 Å². The molecular weight excluding hydrogens is 478 g/mol. The summed E-state index contributed by atoms with van der Waals surface area (Å²) in [4.78, 5) is 2.90. The van der Waals surface area contributed by atoms with Gasteiger partial charge in [-0.2, -0.15) is 0 Å². The average molecular weight is 508 g/mol.